The zero-order chi connectivity index (χ0) is 15.5. The Kier molecular flexibility index (Phi) is 4.96. The van der Waals surface area contributed by atoms with Crippen molar-refractivity contribution in [3.8, 4) is 0 Å². The number of aryl methyl sites for hydroxylation is 1. The third-order valence-corrected chi connectivity index (χ3v) is 4.44. The molecule has 1 aromatic rings. The van der Waals surface area contributed by atoms with Gasteiger partial charge >= 0.3 is 0 Å². The number of β-amino-alcohol motifs (C(OH)–C–C–N with tert-alkyl or cyclic N) is 1. The fourth-order valence-corrected chi connectivity index (χ4v) is 3.08. The second-order valence-electron chi connectivity index (χ2n) is 5.95. The first kappa shape index (κ1) is 15.9. The Morgan fingerprint density at radius 2 is 2.29 bits per heavy atom. The SMILES string of the molecule is CCC[C@]1(CO)CCN(C(=O)c2cccc(C)n2)C[C@H]1O. The van der Waals surface area contributed by atoms with E-state index in [4.69, 9.17) is 0 Å². The van der Waals surface area contributed by atoms with Crippen LogP contribution < -0.4 is 0 Å². The van der Waals surface area contributed by atoms with E-state index in [0.29, 0.717) is 18.7 Å². The van der Waals surface area contributed by atoms with Crippen LogP contribution in [0.3, 0.4) is 0 Å². The van der Waals surface area contributed by atoms with Gasteiger partial charge in [-0.25, -0.2) is 4.98 Å². The van der Waals surface area contributed by atoms with Gasteiger partial charge in [0.15, 0.2) is 0 Å². The summed E-state index contributed by atoms with van der Waals surface area (Å²) in [5, 5.41) is 20.0. The molecule has 0 unspecified atom stereocenters. The zero-order valence-corrected chi connectivity index (χ0v) is 12.7. The molecule has 0 radical (unpaired) electrons. The Labute approximate surface area is 125 Å². The van der Waals surface area contributed by atoms with Crippen molar-refractivity contribution in [1.29, 1.82) is 0 Å². The van der Waals surface area contributed by atoms with Crippen molar-refractivity contribution in [2.45, 2.75) is 39.2 Å². The molecule has 5 nitrogen and oxygen atoms in total. The molecular formula is C16H24N2O3. The van der Waals surface area contributed by atoms with Gasteiger partial charge < -0.3 is 15.1 Å². The summed E-state index contributed by atoms with van der Waals surface area (Å²) in [7, 11) is 0. The van der Waals surface area contributed by atoms with E-state index in [1.165, 1.54) is 0 Å². The first-order valence-electron chi connectivity index (χ1n) is 7.54. The summed E-state index contributed by atoms with van der Waals surface area (Å²) in [5.41, 5.74) is 0.745. The molecule has 1 saturated heterocycles. The average Bonchev–Trinajstić information content (AvgIpc) is 2.49. The molecule has 0 spiro atoms. The number of likely N-dealkylation sites (tertiary alicyclic amines) is 1. The minimum Gasteiger partial charge on any atom is -0.396 e. The lowest BCUT2D eigenvalue weighted by molar-refractivity contribution is -0.0714. The molecular weight excluding hydrogens is 268 g/mol. The molecule has 2 atom stereocenters. The number of pyridine rings is 1. The quantitative estimate of drug-likeness (QED) is 0.879. The van der Waals surface area contributed by atoms with Crippen LogP contribution in [-0.4, -0.2) is 51.8 Å². The van der Waals surface area contributed by atoms with Gasteiger partial charge in [-0.3, -0.25) is 4.79 Å². The van der Waals surface area contributed by atoms with Gasteiger partial charge in [0.1, 0.15) is 5.69 Å². The standard InChI is InChI=1S/C16H24N2O3/c1-3-7-16(11-19)8-9-18(10-14(16)20)15(21)13-6-4-5-12(2)17-13/h4-6,14,19-20H,3,7-11H2,1-2H3/t14-,16-/m1/s1. The molecule has 0 aromatic carbocycles. The van der Waals surface area contributed by atoms with Crippen molar-refractivity contribution >= 4 is 5.91 Å². The maximum absolute atomic E-state index is 12.4. The Bertz CT molecular complexity index is 506. The topological polar surface area (TPSA) is 73.7 Å². The van der Waals surface area contributed by atoms with Crippen LogP contribution in [0.15, 0.2) is 18.2 Å². The van der Waals surface area contributed by atoms with E-state index in [-0.39, 0.29) is 19.1 Å². The largest absolute Gasteiger partial charge is 0.396 e. The van der Waals surface area contributed by atoms with Crippen LogP contribution in [0, 0.1) is 12.3 Å². The van der Waals surface area contributed by atoms with Gasteiger partial charge in [-0.05, 0) is 31.9 Å². The molecule has 21 heavy (non-hydrogen) atoms. The number of carbonyl (C=O) groups is 1. The molecule has 5 heteroatoms. The second-order valence-corrected chi connectivity index (χ2v) is 5.95. The maximum atomic E-state index is 12.4. The molecule has 1 aromatic heterocycles. The van der Waals surface area contributed by atoms with E-state index in [2.05, 4.69) is 4.98 Å². The number of aliphatic hydroxyl groups is 2. The first-order chi connectivity index (χ1) is 10.0. The highest BCUT2D eigenvalue weighted by atomic mass is 16.3. The van der Waals surface area contributed by atoms with Crippen LogP contribution in [0.2, 0.25) is 0 Å². The van der Waals surface area contributed by atoms with Crippen LogP contribution in [0.4, 0.5) is 0 Å². The van der Waals surface area contributed by atoms with Crippen molar-refractivity contribution in [2.24, 2.45) is 5.41 Å². The number of amides is 1. The highest BCUT2D eigenvalue weighted by Crippen LogP contribution is 2.36. The molecule has 1 fully saturated rings. The van der Waals surface area contributed by atoms with Crippen LogP contribution in [0.1, 0.15) is 42.4 Å². The number of hydrogen-bond acceptors (Lipinski definition) is 4. The Morgan fingerprint density at radius 3 is 2.86 bits per heavy atom. The maximum Gasteiger partial charge on any atom is 0.272 e. The van der Waals surface area contributed by atoms with Crippen molar-refractivity contribution in [2.75, 3.05) is 19.7 Å². The lowest BCUT2D eigenvalue weighted by Gasteiger charge is -2.44. The van der Waals surface area contributed by atoms with E-state index >= 15 is 0 Å². The summed E-state index contributed by atoms with van der Waals surface area (Å²) >= 11 is 0. The lowest BCUT2D eigenvalue weighted by atomic mass is 9.73. The van der Waals surface area contributed by atoms with E-state index in [9.17, 15) is 15.0 Å². The second kappa shape index (κ2) is 6.54. The number of hydrogen-bond donors (Lipinski definition) is 2. The molecule has 2 rings (SSSR count). The van der Waals surface area contributed by atoms with Gasteiger partial charge in [0, 0.05) is 24.2 Å². The predicted octanol–water partition coefficient (Wildman–Crippen LogP) is 1.38. The molecule has 0 bridgehead atoms. The molecule has 0 aliphatic carbocycles. The minimum absolute atomic E-state index is 0.0350. The molecule has 0 saturated carbocycles. The molecule has 2 N–H and O–H groups in total. The monoisotopic (exact) mass is 292 g/mol. The van der Waals surface area contributed by atoms with Crippen molar-refractivity contribution in [1.82, 2.24) is 9.88 Å². The summed E-state index contributed by atoms with van der Waals surface area (Å²) in [4.78, 5) is 18.3. The molecule has 1 aliphatic rings. The van der Waals surface area contributed by atoms with Crippen molar-refractivity contribution in [3.63, 3.8) is 0 Å². The normalized spacial score (nSPS) is 25.9. The van der Waals surface area contributed by atoms with E-state index < -0.39 is 11.5 Å². The van der Waals surface area contributed by atoms with Crippen LogP contribution >= 0.6 is 0 Å². The van der Waals surface area contributed by atoms with Gasteiger partial charge in [-0.1, -0.05) is 19.4 Å². The predicted molar refractivity (Wildman–Crippen MR) is 79.9 cm³/mol. The third kappa shape index (κ3) is 3.24. The summed E-state index contributed by atoms with van der Waals surface area (Å²) < 4.78 is 0. The number of nitrogens with zero attached hydrogens (tertiary/aromatic N) is 2. The van der Waals surface area contributed by atoms with Crippen molar-refractivity contribution in [3.05, 3.63) is 29.6 Å². The van der Waals surface area contributed by atoms with Crippen LogP contribution in [-0.2, 0) is 0 Å². The lowest BCUT2D eigenvalue weighted by Crippen LogP contribution is -2.54. The molecule has 2 heterocycles. The number of aromatic nitrogens is 1. The smallest absolute Gasteiger partial charge is 0.272 e. The van der Waals surface area contributed by atoms with Crippen LogP contribution in [0.25, 0.3) is 0 Å². The number of rotatable bonds is 4. The minimum atomic E-state index is -0.690. The van der Waals surface area contributed by atoms with Crippen molar-refractivity contribution < 1.29 is 15.0 Å². The summed E-state index contributed by atoms with van der Waals surface area (Å²) in [6.07, 6.45) is 1.61. The van der Waals surface area contributed by atoms with Gasteiger partial charge in [-0.15, -0.1) is 0 Å². The highest BCUT2D eigenvalue weighted by molar-refractivity contribution is 5.92. The number of carbonyl (C=O) groups excluding carboxylic acids is 1. The summed E-state index contributed by atoms with van der Waals surface area (Å²) in [5.74, 6) is -0.152. The first-order valence-corrected chi connectivity index (χ1v) is 7.54. The van der Waals surface area contributed by atoms with E-state index in [0.717, 1.165) is 18.5 Å². The summed E-state index contributed by atoms with van der Waals surface area (Å²) in [6, 6.07) is 5.35. The summed E-state index contributed by atoms with van der Waals surface area (Å²) in [6.45, 7) is 4.66. The fraction of sp³-hybridized carbons (Fsp3) is 0.625. The van der Waals surface area contributed by atoms with Crippen LogP contribution in [0.5, 0.6) is 0 Å². The van der Waals surface area contributed by atoms with E-state index in [1.54, 1.807) is 11.0 Å². The molecule has 1 amide bonds. The van der Waals surface area contributed by atoms with Gasteiger partial charge in [0.25, 0.3) is 5.91 Å². The Hall–Kier alpha value is -1.46. The Balaban J connectivity index is 2.10. The molecule has 116 valence electrons. The zero-order valence-electron chi connectivity index (χ0n) is 12.7. The fourth-order valence-electron chi connectivity index (χ4n) is 3.08. The number of aliphatic hydroxyl groups excluding tert-OH is 2. The van der Waals surface area contributed by atoms with Gasteiger partial charge in [-0.2, -0.15) is 0 Å². The number of piperidine rings is 1. The third-order valence-electron chi connectivity index (χ3n) is 4.44. The highest BCUT2D eigenvalue weighted by Gasteiger charge is 2.42. The average molecular weight is 292 g/mol. The van der Waals surface area contributed by atoms with E-state index in [1.807, 2.05) is 26.0 Å². The Morgan fingerprint density at radius 1 is 1.52 bits per heavy atom. The van der Waals surface area contributed by atoms with Gasteiger partial charge in [0.05, 0.1) is 12.7 Å². The van der Waals surface area contributed by atoms with Gasteiger partial charge in [0.2, 0.25) is 0 Å². The molecule has 1 aliphatic heterocycles.